The first-order chi connectivity index (χ1) is 6.66. The van der Waals surface area contributed by atoms with Crippen molar-refractivity contribution in [2.24, 2.45) is 0 Å². The Morgan fingerprint density at radius 1 is 1.57 bits per heavy atom. The normalized spacial score (nSPS) is 20.4. The number of hydrogen-bond donors (Lipinski definition) is 1. The van der Waals surface area contributed by atoms with Crippen molar-refractivity contribution >= 4 is 21.8 Å². The fourth-order valence-corrected chi connectivity index (χ4v) is 1.71. The van der Waals surface area contributed by atoms with Crippen LogP contribution >= 0.6 is 15.9 Å². The number of halogens is 1. The summed E-state index contributed by atoms with van der Waals surface area (Å²) in [5.41, 5.74) is 0.595. The fraction of sp³-hybridized carbons (Fsp3) is 0.300. The second-order valence-corrected chi connectivity index (χ2v) is 4.19. The highest BCUT2D eigenvalue weighted by molar-refractivity contribution is 9.10. The summed E-state index contributed by atoms with van der Waals surface area (Å²) in [6.45, 7) is 2.47. The van der Waals surface area contributed by atoms with Crippen molar-refractivity contribution in [1.82, 2.24) is 5.32 Å². The second kappa shape index (κ2) is 3.61. The minimum atomic E-state index is -0.0724. The fourth-order valence-electron chi connectivity index (χ4n) is 1.37. The maximum absolute atomic E-state index is 11.6. The number of fused-ring (bicyclic) bond motifs is 1. The van der Waals surface area contributed by atoms with Gasteiger partial charge in [-0.05, 0) is 25.1 Å². The monoisotopic (exact) mass is 255 g/mol. The molecule has 0 aromatic heterocycles. The molecule has 1 atom stereocenters. The second-order valence-electron chi connectivity index (χ2n) is 3.28. The Hall–Kier alpha value is -1.03. The standard InChI is InChI=1S/C10H10BrNO2/c1-6-5-12-10(13)8-3-2-7(11)4-9(8)14-6/h2-4,6H,5H2,1H3,(H,12,13). The summed E-state index contributed by atoms with van der Waals surface area (Å²) in [4.78, 5) is 11.6. The third-order valence-corrected chi connectivity index (χ3v) is 2.56. The van der Waals surface area contributed by atoms with Crippen molar-refractivity contribution in [2.75, 3.05) is 6.54 Å². The number of nitrogens with one attached hydrogen (secondary N) is 1. The van der Waals surface area contributed by atoms with Crippen LogP contribution in [0.25, 0.3) is 0 Å². The highest BCUT2D eigenvalue weighted by atomic mass is 79.9. The zero-order valence-electron chi connectivity index (χ0n) is 7.71. The Labute approximate surface area is 90.6 Å². The molecule has 2 rings (SSSR count). The summed E-state index contributed by atoms with van der Waals surface area (Å²) in [7, 11) is 0. The largest absolute Gasteiger partial charge is 0.488 e. The van der Waals surface area contributed by atoms with E-state index in [2.05, 4.69) is 21.2 Å². The Kier molecular flexibility index (Phi) is 2.46. The zero-order chi connectivity index (χ0) is 10.1. The number of amides is 1. The van der Waals surface area contributed by atoms with Gasteiger partial charge in [0.1, 0.15) is 11.9 Å². The third kappa shape index (κ3) is 1.75. The van der Waals surface area contributed by atoms with Gasteiger partial charge in [0.25, 0.3) is 5.91 Å². The SMILES string of the molecule is CC1CNC(=O)c2ccc(Br)cc2O1. The molecule has 3 nitrogen and oxygen atoms in total. The first-order valence-electron chi connectivity index (χ1n) is 4.41. The van der Waals surface area contributed by atoms with E-state index in [1.54, 1.807) is 6.07 Å². The Morgan fingerprint density at radius 3 is 3.14 bits per heavy atom. The van der Waals surface area contributed by atoms with Gasteiger partial charge >= 0.3 is 0 Å². The van der Waals surface area contributed by atoms with Crippen LogP contribution in [0.3, 0.4) is 0 Å². The van der Waals surface area contributed by atoms with Gasteiger partial charge < -0.3 is 10.1 Å². The topological polar surface area (TPSA) is 38.3 Å². The lowest BCUT2D eigenvalue weighted by Gasteiger charge is -2.11. The van der Waals surface area contributed by atoms with Gasteiger partial charge in [-0.1, -0.05) is 15.9 Å². The van der Waals surface area contributed by atoms with Crippen LogP contribution in [0.2, 0.25) is 0 Å². The van der Waals surface area contributed by atoms with E-state index >= 15 is 0 Å². The van der Waals surface area contributed by atoms with Crippen LogP contribution in [0.4, 0.5) is 0 Å². The van der Waals surface area contributed by atoms with E-state index in [0.29, 0.717) is 17.9 Å². The highest BCUT2D eigenvalue weighted by Gasteiger charge is 2.19. The van der Waals surface area contributed by atoms with Crippen LogP contribution < -0.4 is 10.1 Å². The van der Waals surface area contributed by atoms with Crippen molar-refractivity contribution in [3.05, 3.63) is 28.2 Å². The molecule has 1 amide bonds. The van der Waals surface area contributed by atoms with E-state index in [1.807, 2.05) is 19.1 Å². The average molecular weight is 256 g/mol. The quantitative estimate of drug-likeness (QED) is 0.770. The molecule has 74 valence electrons. The van der Waals surface area contributed by atoms with Crippen molar-refractivity contribution < 1.29 is 9.53 Å². The molecule has 1 aliphatic rings. The van der Waals surface area contributed by atoms with Gasteiger partial charge in [0.05, 0.1) is 12.1 Å². The molecule has 0 saturated heterocycles. The molecular formula is C10H10BrNO2. The molecule has 1 unspecified atom stereocenters. The number of ether oxygens (including phenoxy) is 1. The molecule has 1 heterocycles. The van der Waals surface area contributed by atoms with Gasteiger partial charge in [-0.25, -0.2) is 0 Å². The van der Waals surface area contributed by atoms with E-state index < -0.39 is 0 Å². The van der Waals surface area contributed by atoms with Gasteiger partial charge in [-0.2, -0.15) is 0 Å². The summed E-state index contributed by atoms with van der Waals surface area (Å²) in [5, 5.41) is 2.79. The summed E-state index contributed by atoms with van der Waals surface area (Å²) < 4.78 is 6.51. The molecule has 1 aromatic carbocycles. The lowest BCUT2D eigenvalue weighted by Crippen LogP contribution is -2.29. The summed E-state index contributed by atoms with van der Waals surface area (Å²) in [6.07, 6.45) is 0.00880. The van der Waals surface area contributed by atoms with E-state index in [1.165, 1.54) is 0 Å². The number of carbonyl (C=O) groups is 1. The molecule has 0 bridgehead atoms. The van der Waals surface area contributed by atoms with Crippen LogP contribution in [-0.2, 0) is 0 Å². The molecule has 0 aliphatic carbocycles. The van der Waals surface area contributed by atoms with Crippen LogP contribution in [0.5, 0.6) is 5.75 Å². The average Bonchev–Trinajstić information content (AvgIpc) is 2.26. The van der Waals surface area contributed by atoms with Crippen molar-refractivity contribution in [2.45, 2.75) is 13.0 Å². The van der Waals surface area contributed by atoms with Gasteiger partial charge in [0.2, 0.25) is 0 Å². The van der Waals surface area contributed by atoms with Crippen molar-refractivity contribution in [1.29, 1.82) is 0 Å². The van der Waals surface area contributed by atoms with Crippen molar-refractivity contribution in [3.63, 3.8) is 0 Å². The summed E-state index contributed by atoms with van der Waals surface area (Å²) in [6, 6.07) is 5.40. The van der Waals surface area contributed by atoms with Gasteiger partial charge in [0, 0.05) is 4.47 Å². The van der Waals surface area contributed by atoms with Crippen LogP contribution in [0, 0.1) is 0 Å². The van der Waals surface area contributed by atoms with Crippen LogP contribution in [0.15, 0.2) is 22.7 Å². The van der Waals surface area contributed by atoms with E-state index in [0.717, 1.165) is 4.47 Å². The molecule has 0 spiro atoms. The molecule has 1 aliphatic heterocycles. The van der Waals surface area contributed by atoms with E-state index in [4.69, 9.17) is 4.74 Å². The number of carbonyl (C=O) groups excluding carboxylic acids is 1. The van der Waals surface area contributed by atoms with Crippen molar-refractivity contribution in [3.8, 4) is 5.75 Å². The predicted octanol–water partition coefficient (Wildman–Crippen LogP) is 1.96. The van der Waals surface area contributed by atoms with E-state index in [-0.39, 0.29) is 12.0 Å². The third-order valence-electron chi connectivity index (χ3n) is 2.07. The minimum absolute atomic E-state index is 0.00880. The van der Waals surface area contributed by atoms with E-state index in [9.17, 15) is 4.79 Å². The molecule has 0 fully saturated rings. The molecule has 0 radical (unpaired) electrons. The maximum Gasteiger partial charge on any atom is 0.255 e. The lowest BCUT2D eigenvalue weighted by molar-refractivity contribution is 0.0952. The van der Waals surface area contributed by atoms with Crippen LogP contribution in [-0.4, -0.2) is 18.6 Å². The molecule has 0 saturated carbocycles. The number of hydrogen-bond acceptors (Lipinski definition) is 2. The first kappa shape index (κ1) is 9.52. The predicted molar refractivity (Wildman–Crippen MR) is 56.6 cm³/mol. The highest BCUT2D eigenvalue weighted by Crippen LogP contribution is 2.25. The Morgan fingerprint density at radius 2 is 2.36 bits per heavy atom. The number of rotatable bonds is 0. The molecule has 1 aromatic rings. The summed E-state index contributed by atoms with van der Waals surface area (Å²) in [5.74, 6) is 0.568. The first-order valence-corrected chi connectivity index (χ1v) is 5.20. The molecule has 14 heavy (non-hydrogen) atoms. The maximum atomic E-state index is 11.6. The molecule has 4 heteroatoms. The zero-order valence-corrected chi connectivity index (χ0v) is 9.30. The van der Waals surface area contributed by atoms with Gasteiger partial charge in [-0.3, -0.25) is 4.79 Å². The Balaban J connectivity index is 2.47. The van der Waals surface area contributed by atoms with Gasteiger partial charge in [-0.15, -0.1) is 0 Å². The lowest BCUT2D eigenvalue weighted by atomic mass is 10.2. The smallest absolute Gasteiger partial charge is 0.255 e. The molecular weight excluding hydrogens is 246 g/mol. The Bertz CT molecular complexity index is 378. The van der Waals surface area contributed by atoms with Gasteiger partial charge in [0.15, 0.2) is 0 Å². The van der Waals surface area contributed by atoms with Crippen LogP contribution in [0.1, 0.15) is 17.3 Å². The number of benzene rings is 1. The summed E-state index contributed by atoms with van der Waals surface area (Å²) >= 11 is 3.34. The minimum Gasteiger partial charge on any atom is -0.488 e. The molecule has 1 N–H and O–H groups in total.